The molecule has 2 aromatic carbocycles. The summed E-state index contributed by atoms with van der Waals surface area (Å²) in [6, 6.07) is 10.7. The molecular formula is C26H36ClN3O6S. The summed E-state index contributed by atoms with van der Waals surface area (Å²) >= 11 is 6.23. The number of carbonyl (C=O) groups excluding carboxylic acids is 2. The molecule has 37 heavy (non-hydrogen) atoms. The van der Waals surface area contributed by atoms with Crippen molar-refractivity contribution in [3.05, 3.63) is 53.1 Å². The first-order chi connectivity index (χ1) is 17.4. The molecule has 0 fully saturated rings. The van der Waals surface area contributed by atoms with E-state index in [1.165, 1.54) is 30.2 Å². The van der Waals surface area contributed by atoms with Crippen LogP contribution in [-0.4, -0.2) is 64.2 Å². The summed E-state index contributed by atoms with van der Waals surface area (Å²) in [5.41, 5.74) is 0.945. The summed E-state index contributed by atoms with van der Waals surface area (Å²) in [5.74, 6) is 0.142. The topological polar surface area (TPSA) is 105 Å². The Hall–Kier alpha value is -2.98. The Bertz CT molecular complexity index is 1190. The van der Waals surface area contributed by atoms with Crippen molar-refractivity contribution in [1.29, 1.82) is 0 Å². The third kappa shape index (κ3) is 8.26. The van der Waals surface area contributed by atoms with Crippen molar-refractivity contribution in [2.24, 2.45) is 0 Å². The molecule has 0 unspecified atom stereocenters. The Morgan fingerprint density at radius 3 is 2.30 bits per heavy atom. The summed E-state index contributed by atoms with van der Waals surface area (Å²) < 4.78 is 36.9. The molecule has 204 valence electrons. The van der Waals surface area contributed by atoms with Crippen LogP contribution in [0, 0.1) is 0 Å². The van der Waals surface area contributed by atoms with E-state index in [1.807, 2.05) is 26.8 Å². The van der Waals surface area contributed by atoms with Gasteiger partial charge in [0, 0.05) is 12.6 Å². The normalized spacial score (nSPS) is 12.8. The molecule has 0 radical (unpaired) electrons. The summed E-state index contributed by atoms with van der Waals surface area (Å²) in [5, 5.41) is 3.14. The molecular weight excluding hydrogens is 518 g/mol. The molecule has 0 heterocycles. The minimum Gasteiger partial charge on any atom is -0.497 e. The Morgan fingerprint density at radius 2 is 1.76 bits per heavy atom. The van der Waals surface area contributed by atoms with E-state index in [2.05, 4.69) is 5.32 Å². The van der Waals surface area contributed by atoms with Gasteiger partial charge in [0.2, 0.25) is 21.8 Å². The number of carbonyl (C=O) groups is 2. The molecule has 2 rings (SSSR count). The lowest BCUT2D eigenvalue weighted by molar-refractivity contribution is -0.140. The van der Waals surface area contributed by atoms with Crippen LogP contribution in [0.15, 0.2) is 42.5 Å². The maximum atomic E-state index is 13.8. The van der Waals surface area contributed by atoms with Gasteiger partial charge in [0.1, 0.15) is 24.1 Å². The van der Waals surface area contributed by atoms with Gasteiger partial charge in [-0.15, -0.1) is 0 Å². The summed E-state index contributed by atoms with van der Waals surface area (Å²) in [6.07, 6.45) is 2.08. The Labute approximate surface area is 224 Å². The molecule has 0 aromatic heterocycles. The zero-order chi connectivity index (χ0) is 27.8. The first kappa shape index (κ1) is 30.2. The van der Waals surface area contributed by atoms with Gasteiger partial charge in [0.15, 0.2) is 0 Å². The van der Waals surface area contributed by atoms with E-state index in [0.717, 1.165) is 22.5 Å². The molecule has 0 spiro atoms. The smallest absolute Gasteiger partial charge is 0.244 e. The van der Waals surface area contributed by atoms with E-state index < -0.39 is 28.5 Å². The first-order valence-corrected chi connectivity index (χ1v) is 14.2. The van der Waals surface area contributed by atoms with Crippen LogP contribution in [0.3, 0.4) is 0 Å². The maximum Gasteiger partial charge on any atom is 0.244 e. The number of ether oxygens (including phenoxy) is 2. The van der Waals surface area contributed by atoms with Gasteiger partial charge in [-0.3, -0.25) is 13.9 Å². The van der Waals surface area contributed by atoms with Gasteiger partial charge in [-0.2, -0.15) is 0 Å². The molecule has 0 aliphatic rings. The third-order valence-corrected chi connectivity index (χ3v) is 7.41. The third-order valence-electron chi connectivity index (χ3n) is 5.98. The predicted molar refractivity (Wildman–Crippen MR) is 146 cm³/mol. The molecule has 11 heteroatoms. The Kier molecular flexibility index (Phi) is 11.1. The van der Waals surface area contributed by atoms with Crippen LogP contribution >= 0.6 is 11.6 Å². The SMILES string of the molecule is CC[C@H](C)NC(=O)[C@H](CC)N(Cc1cccc(OC)c1)C(=O)CN(c1ccc(OC)c(Cl)c1)S(C)(=O)=O. The van der Waals surface area contributed by atoms with Gasteiger partial charge in [0.05, 0.1) is 31.2 Å². The summed E-state index contributed by atoms with van der Waals surface area (Å²) in [7, 11) is -0.885. The zero-order valence-corrected chi connectivity index (χ0v) is 23.7. The number of rotatable bonds is 13. The second-order valence-corrected chi connectivity index (χ2v) is 11.0. The number of anilines is 1. The highest BCUT2D eigenvalue weighted by Gasteiger charge is 2.32. The fourth-order valence-corrected chi connectivity index (χ4v) is 4.85. The Morgan fingerprint density at radius 1 is 1.05 bits per heavy atom. The van der Waals surface area contributed by atoms with Gasteiger partial charge >= 0.3 is 0 Å². The number of hydrogen-bond donors (Lipinski definition) is 1. The monoisotopic (exact) mass is 553 g/mol. The highest BCUT2D eigenvalue weighted by Crippen LogP contribution is 2.30. The standard InChI is InChI=1S/C26H36ClN3O6S/c1-7-18(3)28-26(32)23(8-2)29(16-19-10-9-11-21(14-19)35-4)25(31)17-30(37(6,33)34)20-12-13-24(36-5)22(27)15-20/h9-15,18,23H,7-8,16-17H2,1-6H3,(H,28,32)/t18-,23-/m0/s1. The van der Waals surface area contributed by atoms with Gasteiger partial charge in [0.25, 0.3) is 0 Å². The quantitative estimate of drug-likeness (QED) is 0.404. The second kappa shape index (κ2) is 13.5. The molecule has 0 saturated carbocycles. The molecule has 2 aromatic rings. The lowest BCUT2D eigenvalue weighted by Crippen LogP contribution is -2.53. The van der Waals surface area contributed by atoms with Crippen molar-refractivity contribution in [3.63, 3.8) is 0 Å². The van der Waals surface area contributed by atoms with Crippen LogP contribution in [0.25, 0.3) is 0 Å². The van der Waals surface area contributed by atoms with E-state index in [1.54, 1.807) is 25.3 Å². The average Bonchev–Trinajstić information content (AvgIpc) is 2.86. The molecule has 0 bridgehead atoms. The van der Waals surface area contributed by atoms with Crippen LogP contribution in [0.4, 0.5) is 5.69 Å². The molecule has 0 aliphatic heterocycles. The van der Waals surface area contributed by atoms with Crippen molar-refractivity contribution in [2.45, 2.75) is 52.2 Å². The van der Waals surface area contributed by atoms with Crippen molar-refractivity contribution in [1.82, 2.24) is 10.2 Å². The Balaban J connectivity index is 2.48. The van der Waals surface area contributed by atoms with Crippen molar-refractivity contribution in [2.75, 3.05) is 31.3 Å². The molecule has 9 nitrogen and oxygen atoms in total. The largest absolute Gasteiger partial charge is 0.497 e. The van der Waals surface area contributed by atoms with Gasteiger partial charge in [-0.25, -0.2) is 8.42 Å². The minimum absolute atomic E-state index is 0.0794. The van der Waals surface area contributed by atoms with Gasteiger partial charge in [-0.05, 0) is 55.7 Å². The van der Waals surface area contributed by atoms with E-state index in [4.69, 9.17) is 21.1 Å². The van der Waals surface area contributed by atoms with E-state index in [-0.39, 0.29) is 29.2 Å². The van der Waals surface area contributed by atoms with E-state index in [9.17, 15) is 18.0 Å². The molecule has 0 aliphatic carbocycles. The lowest BCUT2D eigenvalue weighted by Gasteiger charge is -2.33. The fraction of sp³-hybridized carbons (Fsp3) is 0.462. The second-order valence-electron chi connectivity index (χ2n) is 8.70. The highest BCUT2D eigenvalue weighted by atomic mass is 35.5. The number of methoxy groups -OCH3 is 2. The van der Waals surface area contributed by atoms with Crippen molar-refractivity contribution in [3.8, 4) is 11.5 Å². The predicted octanol–water partition coefficient (Wildman–Crippen LogP) is 3.85. The molecule has 0 saturated heterocycles. The van der Waals surface area contributed by atoms with Crippen molar-refractivity contribution >= 4 is 39.1 Å². The van der Waals surface area contributed by atoms with Gasteiger partial charge in [-0.1, -0.05) is 37.6 Å². The number of benzene rings is 2. The minimum atomic E-state index is -3.88. The van der Waals surface area contributed by atoms with Crippen LogP contribution in [0.5, 0.6) is 11.5 Å². The van der Waals surface area contributed by atoms with E-state index >= 15 is 0 Å². The van der Waals surface area contributed by atoms with Gasteiger partial charge < -0.3 is 19.7 Å². The molecule has 2 atom stereocenters. The fourth-order valence-electron chi connectivity index (χ4n) is 3.75. The van der Waals surface area contributed by atoms with Crippen LogP contribution in [0.2, 0.25) is 5.02 Å². The lowest BCUT2D eigenvalue weighted by atomic mass is 10.1. The van der Waals surface area contributed by atoms with Crippen LogP contribution < -0.4 is 19.1 Å². The van der Waals surface area contributed by atoms with E-state index in [0.29, 0.717) is 17.9 Å². The number of halogens is 1. The average molecular weight is 554 g/mol. The number of nitrogens with one attached hydrogen (secondary N) is 1. The summed E-state index contributed by atoms with van der Waals surface area (Å²) in [6.45, 7) is 5.22. The summed E-state index contributed by atoms with van der Waals surface area (Å²) in [4.78, 5) is 28.3. The van der Waals surface area contributed by atoms with Crippen molar-refractivity contribution < 1.29 is 27.5 Å². The zero-order valence-electron chi connectivity index (χ0n) is 22.2. The number of hydrogen-bond acceptors (Lipinski definition) is 6. The molecule has 1 N–H and O–H groups in total. The number of nitrogens with zero attached hydrogens (tertiary/aromatic N) is 2. The highest BCUT2D eigenvalue weighted by molar-refractivity contribution is 7.92. The maximum absolute atomic E-state index is 13.8. The number of amides is 2. The van der Waals surface area contributed by atoms with Crippen LogP contribution in [-0.2, 0) is 26.2 Å². The molecule has 2 amide bonds. The van der Waals surface area contributed by atoms with Crippen LogP contribution in [0.1, 0.15) is 39.2 Å². The first-order valence-electron chi connectivity index (χ1n) is 12.0. The number of sulfonamides is 1.